The number of carbonyl (C=O) groups is 3. The Balaban J connectivity index is 0. The Bertz CT molecular complexity index is 288. The second kappa shape index (κ2) is 11.5. The molecule has 2 atom stereocenters. The first kappa shape index (κ1) is 19.7. The number of carboxylic acids is 1. The molecular formula is C12H22O7. The maximum absolute atomic E-state index is 10.4. The van der Waals surface area contributed by atoms with Crippen LogP contribution in [0.15, 0.2) is 0 Å². The third-order valence-electron chi connectivity index (χ3n) is 2.18. The van der Waals surface area contributed by atoms with E-state index in [0.717, 1.165) is 0 Å². The molecule has 0 bridgehead atoms. The molecule has 0 heterocycles. The van der Waals surface area contributed by atoms with Crippen LogP contribution in [-0.2, 0) is 23.9 Å². The molecule has 0 aliphatic rings. The van der Waals surface area contributed by atoms with Crippen molar-refractivity contribution in [1.82, 2.24) is 0 Å². The van der Waals surface area contributed by atoms with Crippen LogP contribution in [0.25, 0.3) is 0 Å². The van der Waals surface area contributed by atoms with E-state index in [0.29, 0.717) is 6.42 Å². The van der Waals surface area contributed by atoms with E-state index in [1.165, 1.54) is 21.1 Å². The number of rotatable bonds is 6. The zero-order valence-corrected chi connectivity index (χ0v) is 11.7. The van der Waals surface area contributed by atoms with Crippen molar-refractivity contribution < 1.29 is 34.1 Å². The number of aliphatic carboxylic acids is 1. The molecule has 7 nitrogen and oxygen atoms in total. The zero-order valence-electron chi connectivity index (χ0n) is 11.7. The van der Waals surface area contributed by atoms with Gasteiger partial charge < -0.3 is 19.7 Å². The highest BCUT2D eigenvalue weighted by molar-refractivity contribution is 5.78. The minimum atomic E-state index is -0.981. The van der Waals surface area contributed by atoms with Gasteiger partial charge in [-0.2, -0.15) is 0 Å². The maximum Gasteiger partial charge on any atom is 0.306 e. The smallest absolute Gasteiger partial charge is 0.306 e. The number of methoxy groups -OCH3 is 2. The second-order valence-electron chi connectivity index (χ2n) is 4.09. The Labute approximate surface area is 112 Å². The molecule has 0 saturated carbocycles. The van der Waals surface area contributed by atoms with Crippen LogP contribution in [0.3, 0.4) is 0 Å². The molecule has 0 aromatic rings. The number of aliphatic hydroxyl groups excluding tert-OH is 1. The van der Waals surface area contributed by atoms with E-state index in [-0.39, 0.29) is 24.9 Å². The molecule has 0 saturated heterocycles. The van der Waals surface area contributed by atoms with Crippen molar-refractivity contribution in [2.45, 2.75) is 26.7 Å². The van der Waals surface area contributed by atoms with Crippen molar-refractivity contribution in [1.29, 1.82) is 0 Å². The number of hydrogen-bond acceptors (Lipinski definition) is 6. The SMILES string of the molecule is COC(=O)C[C@H](C)C(=O)O.COC(=O)C[C@H](C)CO. The van der Waals surface area contributed by atoms with Crippen LogP contribution in [0, 0.1) is 11.8 Å². The molecule has 19 heavy (non-hydrogen) atoms. The van der Waals surface area contributed by atoms with Gasteiger partial charge in [-0.05, 0) is 5.92 Å². The molecule has 0 radical (unpaired) electrons. The lowest BCUT2D eigenvalue weighted by Crippen LogP contribution is -2.15. The van der Waals surface area contributed by atoms with Crippen LogP contribution in [0.5, 0.6) is 0 Å². The van der Waals surface area contributed by atoms with Gasteiger partial charge in [0.2, 0.25) is 0 Å². The topological polar surface area (TPSA) is 110 Å². The molecule has 2 N–H and O–H groups in total. The van der Waals surface area contributed by atoms with Gasteiger partial charge in [-0.15, -0.1) is 0 Å². The van der Waals surface area contributed by atoms with Gasteiger partial charge in [0.25, 0.3) is 0 Å². The molecule has 0 rings (SSSR count). The number of aliphatic hydroxyl groups is 1. The Morgan fingerprint density at radius 2 is 1.42 bits per heavy atom. The summed E-state index contributed by atoms with van der Waals surface area (Å²) in [7, 11) is 2.57. The molecule has 0 aliphatic carbocycles. The minimum Gasteiger partial charge on any atom is -0.481 e. The van der Waals surface area contributed by atoms with Crippen molar-refractivity contribution in [3.63, 3.8) is 0 Å². The average Bonchev–Trinajstić information content (AvgIpc) is 2.38. The molecule has 112 valence electrons. The van der Waals surface area contributed by atoms with E-state index in [2.05, 4.69) is 9.47 Å². The predicted octanol–water partition coefficient (Wildman–Crippen LogP) is 0.448. The van der Waals surface area contributed by atoms with Gasteiger partial charge in [-0.1, -0.05) is 13.8 Å². The molecule has 0 aliphatic heterocycles. The van der Waals surface area contributed by atoms with E-state index in [4.69, 9.17) is 10.2 Å². The quantitative estimate of drug-likeness (QED) is 0.678. The summed E-state index contributed by atoms with van der Waals surface area (Å²) in [6, 6.07) is 0. The lowest BCUT2D eigenvalue weighted by Gasteiger charge is -2.03. The third kappa shape index (κ3) is 12.6. The maximum atomic E-state index is 10.4. The molecule has 7 heteroatoms. The Kier molecular flexibility index (Phi) is 11.9. The third-order valence-corrected chi connectivity index (χ3v) is 2.18. The summed E-state index contributed by atoms with van der Waals surface area (Å²) in [5, 5.41) is 16.8. The fourth-order valence-corrected chi connectivity index (χ4v) is 0.853. The molecule has 0 fully saturated rings. The Morgan fingerprint density at radius 1 is 1.00 bits per heavy atom. The standard InChI is InChI=1S/C6H10O4.C6H12O3/c1-4(6(8)9)3-5(7)10-2;1-5(4-7)3-6(8)9-2/h4H,3H2,1-2H3,(H,8,9);5,7H,3-4H2,1-2H3/t4-;5-/m00/s1. The Morgan fingerprint density at radius 3 is 1.74 bits per heavy atom. The number of carboxylic acid groups (broad SMARTS) is 1. The minimum absolute atomic E-state index is 0.0115. The van der Waals surface area contributed by atoms with E-state index < -0.39 is 17.9 Å². The molecule has 0 unspecified atom stereocenters. The van der Waals surface area contributed by atoms with Crippen LogP contribution in [0.1, 0.15) is 26.7 Å². The van der Waals surface area contributed by atoms with Crippen LogP contribution < -0.4 is 0 Å². The van der Waals surface area contributed by atoms with E-state index in [1.54, 1.807) is 6.92 Å². The van der Waals surface area contributed by atoms with E-state index in [1.807, 2.05) is 0 Å². The van der Waals surface area contributed by atoms with Crippen molar-refractivity contribution >= 4 is 17.9 Å². The lowest BCUT2D eigenvalue weighted by atomic mass is 10.1. The number of carbonyl (C=O) groups excluding carboxylic acids is 2. The van der Waals surface area contributed by atoms with Crippen LogP contribution >= 0.6 is 0 Å². The largest absolute Gasteiger partial charge is 0.481 e. The Hall–Kier alpha value is -1.63. The first-order chi connectivity index (χ1) is 8.78. The summed E-state index contributed by atoms with van der Waals surface area (Å²) >= 11 is 0. The highest BCUT2D eigenvalue weighted by Crippen LogP contribution is 2.02. The van der Waals surface area contributed by atoms with Crippen LogP contribution in [0.4, 0.5) is 0 Å². The van der Waals surface area contributed by atoms with Gasteiger partial charge in [-0.25, -0.2) is 0 Å². The number of esters is 2. The summed E-state index contributed by atoms with van der Waals surface area (Å²) in [4.78, 5) is 31.0. The molecular weight excluding hydrogens is 256 g/mol. The highest BCUT2D eigenvalue weighted by Gasteiger charge is 2.15. The molecule has 0 amide bonds. The van der Waals surface area contributed by atoms with Crippen molar-refractivity contribution in [2.75, 3.05) is 20.8 Å². The van der Waals surface area contributed by atoms with Crippen LogP contribution in [-0.4, -0.2) is 48.9 Å². The summed E-state index contributed by atoms with van der Waals surface area (Å²) < 4.78 is 8.64. The monoisotopic (exact) mass is 278 g/mol. The predicted molar refractivity (Wildman–Crippen MR) is 66.3 cm³/mol. The van der Waals surface area contributed by atoms with Gasteiger partial charge in [0.15, 0.2) is 0 Å². The second-order valence-corrected chi connectivity index (χ2v) is 4.09. The summed E-state index contributed by atoms with van der Waals surface area (Å²) in [6.07, 6.45) is 0.235. The van der Waals surface area contributed by atoms with E-state index >= 15 is 0 Å². The van der Waals surface area contributed by atoms with E-state index in [9.17, 15) is 14.4 Å². The average molecular weight is 278 g/mol. The van der Waals surface area contributed by atoms with Gasteiger partial charge in [0, 0.05) is 6.61 Å². The summed E-state index contributed by atoms with van der Waals surface area (Å²) in [5.41, 5.74) is 0. The van der Waals surface area contributed by atoms with Crippen molar-refractivity contribution in [3.8, 4) is 0 Å². The van der Waals surface area contributed by atoms with Gasteiger partial charge in [0.1, 0.15) is 0 Å². The van der Waals surface area contributed by atoms with Crippen LogP contribution in [0.2, 0.25) is 0 Å². The van der Waals surface area contributed by atoms with Gasteiger partial charge >= 0.3 is 17.9 Å². The first-order valence-electron chi connectivity index (χ1n) is 5.75. The zero-order chi connectivity index (χ0) is 15.4. The normalized spacial score (nSPS) is 12.5. The van der Waals surface area contributed by atoms with Gasteiger partial charge in [0.05, 0.1) is 33.0 Å². The summed E-state index contributed by atoms with van der Waals surface area (Å²) in [6.45, 7) is 3.28. The molecule has 0 aromatic heterocycles. The highest BCUT2D eigenvalue weighted by atomic mass is 16.5. The van der Waals surface area contributed by atoms with Crippen molar-refractivity contribution in [3.05, 3.63) is 0 Å². The fourth-order valence-electron chi connectivity index (χ4n) is 0.853. The molecule has 0 aromatic carbocycles. The first-order valence-corrected chi connectivity index (χ1v) is 5.75. The van der Waals surface area contributed by atoms with Gasteiger partial charge in [-0.3, -0.25) is 14.4 Å². The fraction of sp³-hybridized carbons (Fsp3) is 0.750. The molecule has 0 spiro atoms. The number of ether oxygens (including phenoxy) is 2. The number of hydrogen-bond donors (Lipinski definition) is 2. The summed E-state index contributed by atoms with van der Waals surface area (Å²) in [5.74, 6) is -2.39. The lowest BCUT2D eigenvalue weighted by molar-refractivity contribution is -0.149. The van der Waals surface area contributed by atoms with Crippen molar-refractivity contribution in [2.24, 2.45) is 11.8 Å².